The number of hydrogen-bond acceptors (Lipinski definition) is 4. The lowest BCUT2D eigenvalue weighted by atomic mass is 10.1. The Labute approximate surface area is 173 Å². The van der Waals surface area contributed by atoms with Crippen LogP contribution in [-0.4, -0.2) is 20.9 Å². The number of thiazole rings is 1. The molecule has 4 aromatic rings. The number of anilines is 1. The second kappa shape index (κ2) is 7.75. The molecule has 0 radical (unpaired) electrons. The van der Waals surface area contributed by atoms with Gasteiger partial charge in [0.2, 0.25) is 0 Å². The molecule has 0 fully saturated rings. The summed E-state index contributed by atoms with van der Waals surface area (Å²) in [5.41, 5.74) is 2.07. The van der Waals surface area contributed by atoms with Gasteiger partial charge in [-0.2, -0.15) is 13.2 Å². The molecule has 5 nitrogen and oxygen atoms in total. The van der Waals surface area contributed by atoms with Crippen LogP contribution in [0.3, 0.4) is 0 Å². The summed E-state index contributed by atoms with van der Waals surface area (Å²) in [6.07, 6.45) is -2.85. The van der Waals surface area contributed by atoms with Crippen molar-refractivity contribution in [1.29, 1.82) is 0 Å². The van der Waals surface area contributed by atoms with E-state index in [0.29, 0.717) is 22.2 Å². The number of aryl methyl sites for hydroxylation is 1. The molecule has 0 atom stereocenters. The van der Waals surface area contributed by atoms with E-state index >= 15 is 0 Å². The van der Waals surface area contributed by atoms with E-state index in [0.717, 1.165) is 23.3 Å². The smallest absolute Gasteiger partial charge is 0.337 e. The maximum absolute atomic E-state index is 12.8. The number of aromatic amines is 1. The fraction of sp³-hybridized carbons (Fsp3) is 0.0952. The zero-order valence-corrected chi connectivity index (χ0v) is 16.4. The second-order valence-electron chi connectivity index (χ2n) is 6.54. The van der Waals surface area contributed by atoms with E-state index in [4.69, 9.17) is 0 Å². The Morgan fingerprint density at radius 1 is 1.03 bits per heavy atom. The Hall–Kier alpha value is -3.46. The highest BCUT2D eigenvalue weighted by Crippen LogP contribution is 2.32. The number of nitrogens with one attached hydrogen (secondary N) is 2. The Balaban J connectivity index is 1.75. The molecule has 2 N–H and O–H groups in total. The molecule has 30 heavy (non-hydrogen) atoms. The number of benzene rings is 2. The van der Waals surface area contributed by atoms with Crippen LogP contribution in [0.4, 0.5) is 18.3 Å². The van der Waals surface area contributed by atoms with Crippen LogP contribution >= 0.6 is 11.3 Å². The molecular formula is C21H15F3N4OS. The fourth-order valence-corrected chi connectivity index (χ4v) is 3.39. The zero-order valence-electron chi connectivity index (χ0n) is 15.6. The van der Waals surface area contributed by atoms with Crippen molar-refractivity contribution >= 4 is 22.4 Å². The van der Waals surface area contributed by atoms with E-state index < -0.39 is 17.6 Å². The van der Waals surface area contributed by atoms with Crippen LogP contribution in [-0.2, 0) is 6.18 Å². The first-order valence-electron chi connectivity index (χ1n) is 8.87. The summed E-state index contributed by atoms with van der Waals surface area (Å²) in [4.78, 5) is 24.3. The lowest BCUT2D eigenvalue weighted by Crippen LogP contribution is -2.13. The van der Waals surface area contributed by atoms with Crippen LogP contribution in [0.25, 0.3) is 22.6 Å². The van der Waals surface area contributed by atoms with Crippen LogP contribution in [0, 0.1) is 6.92 Å². The average molecular weight is 428 g/mol. The molecule has 0 aliphatic carbocycles. The summed E-state index contributed by atoms with van der Waals surface area (Å²) in [7, 11) is 0. The Morgan fingerprint density at radius 3 is 2.30 bits per heavy atom. The fourth-order valence-electron chi connectivity index (χ4n) is 2.86. The monoisotopic (exact) mass is 428 g/mol. The van der Waals surface area contributed by atoms with Crippen LogP contribution in [0.2, 0.25) is 0 Å². The molecule has 152 valence electrons. The number of imidazole rings is 1. The number of halogens is 3. The molecule has 0 aliphatic rings. The number of alkyl halides is 3. The highest BCUT2D eigenvalue weighted by molar-refractivity contribution is 7.13. The van der Waals surface area contributed by atoms with Crippen molar-refractivity contribution in [3.8, 4) is 22.6 Å². The van der Waals surface area contributed by atoms with E-state index in [1.807, 2.05) is 31.2 Å². The molecule has 2 aromatic carbocycles. The van der Waals surface area contributed by atoms with Gasteiger partial charge in [-0.25, -0.2) is 9.97 Å². The van der Waals surface area contributed by atoms with Crippen molar-refractivity contribution in [3.05, 3.63) is 76.9 Å². The van der Waals surface area contributed by atoms with Gasteiger partial charge in [-0.05, 0) is 19.1 Å². The lowest BCUT2D eigenvalue weighted by molar-refractivity contribution is -0.137. The third-order valence-corrected chi connectivity index (χ3v) is 5.09. The van der Waals surface area contributed by atoms with Gasteiger partial charge in [0.1, 0.15) is 5.82 Å². The number of nitrogens with zero attached hydrogens (tertiary/aromatic N) is 2. The molecule has 2 heterocycles. The van der Waals surface area contributed by atoms with Gasteiger partial charge < -0.3 is 4.98 Å². The number of hydrogen-bond donors (Lipinski definition) is 2. The predicted octanol–water partition coefficient (Wildman–Crippen LogP) is 5.78. The molecule has 0 unspecified atom stereocenters. The van der Waals surface area contributed by atoms with E-state index in [1.165, 1.54) is 23.5 Å². The van der Waals surface area contributed by atoms with Gasteiger partial charge in [0, 0.05) is 22.7 Å². The largest absolute Gasteiger partial charge is 0.416 e. The molecule has 0 saturated heterocycles. The number of carbonyl (C=O) groups excluding carboxylic acids is 1. The van der Waals surface area contributed by atoms with Crippen molar-refractivity contribution in [2.75, 3.05) is 5.32 Å². The number of rotatable bonds is 4. The summed E-state index contributed by atoms with van der Waals surface area (Å²) in [6.45, 7) is 1.94. The maximum atomic E-state index is 12.8. The topological polar surface area (TPSA) is 70.7 Å². The van der Waals surface area contributed by atoms with E-state index in [2.05, 4.69) is 20.3 Å². The van der Waals surface area contributed by atoms with Crippen LogP contribution in [0.1, 0.15) is 21.6 Å². The summed E-state index contributed by atoms with van der Waals surface area (Å²) in [5, 5.41) is 4.85. The summed E-state index contributed by atoms with van der Waals surface area (Å²) < 4.78 is 38.5. The minimum absolute atomic E-state index is 0.129. The number of H-pyrrole nitrogens is 1. The maximum Gasteiger partial charge on any atom is 0.416 e. The first-order chi connectivity index (χ1) is 14.3. The minimum atomic E-state index is -4.42. The van der Waals surface area contributed by atoms with Gasteiger partial charge >= 0.3 is 6.18 Å². The van der Waals surface area contributed by atoms with Gasteiger partial charge in [-0.15, -0.1) is 11.3 Å². The first kappa shape index (κ1) is 19.8. The van der Waals surface area contributed by atoms with E-state index in [-0.39, 0.29) is 5.69 Å². The highest BCUT2D eigenvalue weighted by atomic mass is 32.1. The second-order valence-corrected chi connectivity index (χ2v) is 7.44. The van der Waals surface area contributed by atoms with Gasteiger partial charge in [0.05, 0.1) is 11.3 Å². The van der Waals surface area contributed by atoms with Gasteiger partial charge in [-0.3, -0.25) is 10.1 Å². The van der Waals surface area contributed by atoms with Crippen LogP contribution in [0.5, 0.6) is 0 Å². The van der Waals surface area contributed by atoms with Crippen molar-refractivity contribution in [1.82, 2.24) is 15.0 Å². The van der Waals surface area contributed by atoms with Crippen LogP contribution < -0.4 is 5.32 Å². The third kappa shape index (κ3) is 4.11. The summed E-state index contributed by atoms with van der Waals surface area (Å²) in [5.74, 6) is -0.168. The highest BCUT2D eigenvalue weighted by Gasteiger charge is 2.30. The van der Waals surface area contributed by atoms with E-state index in [1.54, 1.807) is 11.6 Å². The minimum Gasteiger partial charge on any atom is -0.337 e. The third-order valence-electron chi connectivity index (χ3n) is 4.40. The summed E-state index contributed by atoms with van der Waals surface area (Å²) in [6, 6.07) is 12.1. The average Bonchev–Trinajstić information content (AvgIpc) is 3.38. The molecule has 0 spiro atoms. The zero-order chi connectivity index (χ0) is 21.3. The molecule has 4 rings (SSSR count). The van der Waals surface area contributed by atoms with Crippen LogP contribution in [0.15, 0.2) is 60.1 Å². The SMILES string of the molecule is Cc1ccc(-c2[nH]c(-c3ccc(C(F)(F)F)cc3)nc2C(=O)Nc2nccs2)cc1. The molecular weight excluding hydrogens is 413 g/mol. The Kier molecular flexibility index (Phi) is 5.13. The quantitative estimate of drug-likeness (QED) is 0.433. The Morgan fingerprint density at radius 2 is 1.70 bits per heavy atom. The Bertz CT molecular complexity index is 1160. The van der Waals surface area contributed by atoms with Crippen molar-refractivity contribution in [3.63, 3.8) is 0 Å². The van der Waals surface area contributed by atoms with Gasteiger partial charge in [0.25, 0.3) is 5.91 Å². The molecule has 2 aromatic heterocycles. The molecule has 9 heteroatoms. The number of amides is 1. The predicted molar refractivity (Wildman–Crippen MR) is 109 cm³/mol. The van der Waals surface area contributed by atoms with Crippen molar-refractivity contribution in [2.45, 2.75) is 13.1 Å². The molecule has 0 saturated carbocycles. The molecule has 1 amide bonds. The van der Waals surface area contributed by atoms with Gasteiger partial charge in [0.15, 0.2) is 10.8 Å². The van der Waals surface area contributed by atoms with Crippen molar-refractivity contribution in [2.24, 2.45) is 0 Å². The van der Waals surface area contributed by atoms with E-state index in [9.17, 15) is 18.0 Å². The lowest BCUT2D eigenvalue weighted by Gasteiger charge is -2.06. The summed E-state index contributed by atoms with van der Waals surface area (Å²) >= 11 is 1.27. The standard InChI is InChI=1S/C21H15F3N4OS/c1-12-2-4-13(5-3-12)16-17(19(29)28-20-25-10-11-30-20)27-18(26-16)14-6-8-15(9-7-14)21(22,23)24/h2-11H,1H3,(H,26,27)(H,25,28,29). The van der Waals surface area contributed by atoms with Gasteiger partial charge in [-0.1, -0.05) is 42.0 Å². The molecule has 0 bridgehead atoms. The molecule has 0 aliphatic heterocycles. The first-order valence-corrected chi connectivity index (χ1v) is 9.75. The normalized spacial score (nSPS) is 11.5. The number of carbonyl (C=O) groups is 1. The number of aromatic nitrogens is 3. The van der Waals surface area contributed by atoms with Crippen molar-refractivity contribution < 1.29 is 18.0 Å².